The van der Waals surface area contributed by atoms with Crippen molar-refractivity contribution < 1.29 is 9.59 Å². The highest BCUT2D eigenvalue weighted by Crippen LogP contribution is 2.28. The summed E-state index contributed by atoms with van der Waals surface area (Å²) in [6.07, 6.45) is 5.21. The molecule has 2 nitrogen and oxygen atoms in total. The Morgan fingerprint density at radius 1 is 1.00 bits per heavy atom. The van der Waals surface area contributed by atoms with E-state index in [0.717, 1.165) is 12.0 Å². The molecule has 2 heteroatoms. The maximum atomic E-state index is 11.8. The van der Waals surface area contributed by atoms with E-state index in [-0.39, 0.29) is 11.6 Å². The molecule has 1 aliphatic carbocycles. The summed E-state index contributed by atoms with van der Waals surface area (Å²) < 4.78 is 0. The van der Waals surface area contributed by atoms with E-state index in [9.17, 15) is 9.59 Å². The van der Waals surface area contributed by atoms with Gasteiger partial charge in [-0.05, 0) is 41.2 Å². The minimum absolute atomic E-state index is 0.104. The highest BCUT2D eigenvalue weighted by Gasteiger charge is 2.16. The van der Waals surface area contributed by atoms with E-state index in [1.54, 1.807) is 0 Å². The van der Waals surface area contributed by atoms with Gasteiger partial charge in [0.25, 0.3) is 0 Å². The van der Waals surface area contributed by atoms with Crippen molar-refractivity contribution in [2.24, 2.45) is 5.92 Å². The van der Waals surface area contributed by atoms with Crippen LogP contribution in [0.5, 0.6) is 0 Å². The van der Waals surface area contributed by atoms with Crippen LogP contribution in [0.2, 0.25) is 0 Å². The Balaban J connectivity index is 2.25. The van der Waals surface area contributed by atoms with E-state index in [4.69, 9.17) is 0 Å². The van der Waals surface area contributed by atoms with Gasteiger partial charge in [0.15, 0.2) is 11.6 Å². The van der Waals surface area contributed by atoms with Crippen molar-refractivity contribution >= 4 is 17.1 Å². The summed E-state index contributed by atoms with van der Waals surface area (Å²) in [7, 11) is 0. The van der Waals surface area contributed by atoms with Gasteiger partial charge in [0.2, 0.25) is 0 Å². The molecule has 1 aliphatic rings. The largest absolute Gasteiger partial charge is 0.290 e. The summed E-state index contributed by atoms with van der Waals surface area (Å²) in [5, 5.41) is 0. The van der Waals surface area contributed by atoms with E-state index >= 15 is 0 Å². The Morgan fingerprint density at radius 2 is 1.65 bits per heavy atom. The molecular weight excluding hydrogens is 248 g/mol. The molecule has 1 aromatic rings. The summed E-state index contributed by atoms with van der Waals surface area (Å²) in [4.78, 5) is 23.2. The lowest BCUT2D eigenvalue weighted by atomic mass is 9.86. The SMILES string of the molecule is CCC(C)C(C)c1ccc(C2=CC(=O)C=CC2=O)cc1. The molecule has 0 heterocycles. The summed E-state index contributed by atoms with van der Waals surface area (Å²) in [6.45, 7) is 6.66. The lowest BCUT2D eigenvalue weighted by Gasteiger charge is -2.19. The Bertz CT molecular complexity index is 576. The molecule has 0 radical (unpaired) electrons. The van der Waals surface area contributed by atoms with Crippen LogP contribution < -0.4 is 0 Å². The predicted octanol–water partition coefficient (Wildman–Crippen LogP) is 3.93. The molecule has 0 aromatic heterocycles. The van der Waals surface area contributed by atoms with E-state index < -0.39 is 0 Å². The molecule has 2 atom stereocenters. The second-order valence-corrected chi connectivity index (χ2v) is 5.45. The average molecular weight is 268 g/mol. The normalized spacial score (nSPS) is 17.9. The van der Waals surface area contributed by atoms with Gasteiger partial charge in [-0.2, -0.15) is 0 Å². The van der Waals surface area contributed by atoms with Gasteiger partial charge in [-0.15, -0.1) is 0 Å². The summed E-state index contributed by atoms with van der Waals surface area (Å²) >= 11 is 0. The third kappa shape index (κ3) is 2.96. The van der Waals surface area contributed by atoms with Crippen LogP contribution in [0.25, 0.3) is 5.57 Å². The Labute approximate surface area is 120 Å². The third-order valence-corrected chi connectivity index (χ3v) is 4.20. The van der Waals surface area contributed by atoms with Gasteiger partial charge in [-0.3, -0.25) is 9.59 Å². The quantitative estimate of drug-likeness (QED) is 0.775. The Hall–Kier alpha value is -1.96. The standard InChI is InChI=1S/C18H20O2/c1-4-12(2)13(3)14-5-7-15(8-6-14)17-11-16(19)9-10-18(17)20/h5-13H,4H2,1-3H3. The van der Waals surface area contributed by atoms with E-state index in [1.807, 2.05) is 12.1 Å². The second kappa shape index (κ2) is 6.00. The third-order valence-electron chi connectivity index (χ3n) is 4.20. The van der Waals surface area contributed by atoms with Crippen LogP contribution in [0.1, 0.15) is 44.2 Å². The number of ketones is 2. The molecule has 0 bridgehead atoms. The highest BCUT2D eigenvalue weighted by molar-refractivity contribution is 6.33. The van der Waals surface area contributed by atoms with Crippen molar-refractivity contribution in [2.75, 3.05) is 0 Å². The van der Waals surface area contributed by atoms with E-state index in [2.05, 4.69) is 32.9 Å². The van der Waals surface area contributed by atoms with Crippen molar-refractivity contribution in [2.45, 2.75) is 33.1 Å². The number of carbonyl (C=O) groups excluding carboxylic acids is 2. The van der Waals surface area contributed by atoms with Crippen molar-refractivity contribution in [3.8, 4) is 0 Å². The molecular formula is C18H20O2. The zero-order chi connectivity index (χ0) is 14.7. The smallest absolute Gasteiger partial charge is 0.186 e. The van der Waals surface area contributed by atoms with Crippen LogP contribution in [0, 0.1) is 5.92 Å². The molecule has 0 spiro atoms. The zero-order valence-corrected chi connectivity index (χ0v) is 12.2. The van der Waals surface area contributed by atoms with Gasteiger partial charge in [0, 0.05) is 5.57 Å². The molecule has 1 aromatic carbocycles. The maximum absolute atomic E-state index is 11.8. The fraction of sp³-hybridized carbons (Fsp3) is 0.333. The predicted molar refractivity (Wildman–Crippen MR) is 81.4 cm³/mol. The molecule has 0 amide bonds. The molecule has 0 saturated carbocycles. The Kier molecular flexibility index (Phi) is 4.33. The lowest BCUT2D eigenvalue weighted by Crippen LogP contribution is -2.08. The van der Waals surface area contributed by atoms with Crippen LogP contribution in [-0.4, -0.2) is 11.6 Å². The molecule has 104 valence electrons. The molecule has 0 aliphatic heterocycles. The fourth-order valence-electron chi connectivity index (χ4n) is 2.38. The van der Waals surface area contributed by atoms with Gasteiger partial charge >= 0.3 is 0 Å². The van der Waals surface area contributed by atoms with Crippen LogP contribution in [0.3, 0.4) is 0 Å². The molecule has 2 rings (SSSR count). The minimum atomic E-state index is -0.128. The van der Waals surface area contributed by atoms with Crippen LogP contribution >= 0.6 is 0 Å². The van der Waals surface area contributed by atoms with Crippen molar-refractivity contribution in [3.05, 3.63) is 53.6 Å². The molecule has 2 unspecified atom stereocenters. The number of hydrogen-bond acceptors (Lipinski definition) is 2. The fourth-order valence-corrected chi connectivity index (χ4v) is 2.38. The zero-order valence-electron chi connectivity index (χ0n) is 12.2. The first-order valence-corrected chi connectivity index (χ1v) is 7.11. The van der Waals surface area contributed by atoms with Crippen molar-refractivity contribution in [1.29, 1.82) is 0 Å². The van der Waals surface area contributed by atoms with Crippen molar-refractivity contribution in [3.63, 3.8) is 0 Å². The monoisotopic (exact) mass is 268 g/mol. The van der Waals surface area contributed by atoms with E-state index in [0.29, 0.717) is 17.4 Å². The number of rotatable bonds is 4. The summed E-state index contributed by atoms with van der Waals surface area (Å²) in [6, 6.07) is 7.99. The van der Waals surface area contributed by atoms with Gasteiger partial charge in [-0.25, -0.2) is 0 Å². The maximum Gasteiger partial charge on any atom is 0.186 e. The second-order valence-electron chi connectivity index (χ2n) is 5.45. The number of allylic oxidation sites excluding steroid dienone is 4. The van der Waals surface area contributed by atoms with Crippen LogP contribution in [-0.2, 0) is 9.59 Å². The Morgan fingerprint density at radius 3 is 2.25 bits per heavy atom. The molecule has 0 fully saturated rings. The number of hydrogen-bond donors (Lipinski definition) is 0. The summed E-state index contributed by atoms with van der Waals surface area (Å²) in [5.41, 5.74) is 2.57. The van der Waals surface area contributed by atoms with Crippen LogP contribution in [0.15, 0.2) is 42.5 Å². The van der Waals surface area contributed by atoms with Gasteiger partial charge in [0.05, 0.1) is 0 Å². The average Bonchev–Trinajstić information content (AvgIpc) is 2.48. The molecule has 0 N–H and O–H groups in total. The highest BCUT2D eigenvalue weighted by atomic mass is 16.1. The minimum Gasteiger partial charge on any atom is -0.290 e. The first kappa shape index (κ1) is 14.4. The number of benzene rings is 1. The topological polar surface area (TPSA) is 34.1 Å². The van der Waals surface area contributed by atoms with Crippen molar-refractivity contribution in [1.82, 2.24) is 0 Å². The van der Waals surface area contributed by atoms with Gasteiger partial charge in [0.1, 0.15) is 0 Å². The van der Waals surface area contributed by atoms with Crippen LogP contribution in [0.4, 0.5) is 0 Å². The number of carbonyl (C=O) groups is 2. The molecule has 20 heavy (non-hydrogen) atoms. The molecule has 0 saturated heterocycles. The summed E-state index contributed by atoms with van der Waals surface area (Å²) in [5.74, 6) is 0.886. The first-order chi connectivity index (χ1) is 9.52. The lowest BCUT2D eigenvalue weighted by molar-refractivity contribution is -0.113. The van der Waals surface area contributed by atoms with E-state index in [1.165, 1.54) is 23.8 Å². The van der Waals surface area contributed by atoms with Gasteiger partial charge < -0.3 is 0 Å². The van der Waals surface area contributed by atoms with Gasteiger partial charge in [-0.1, -0.05) is 51.5 Å². The first-order valence-electron chi connectivity index (χ1n) is 7.11.